The van der Waals surface area contributed by atoms with Crippen LogP contribution in [0.15, 0.2) is 30.5 Å². The number of nitriles is 1. The van der Waals surface area contributed by atoms with E-state index in [2.05, 4.69) is 25.8 Å². The van der Waals surface area contributed by atoms with Crippen molar-refractivity contribution >= 4 is 5.82 Å². The van der Waals surface area contributed by atoms with E-state index in [-0.39, 0.29) is 6.10 Å². The van der Waals surface area contributed by atoms with Crippen LogP contribution in [-0.2, 0) is 6.54 Å². The van der Waals surface area contributed by atoms with Crippen LogP contribution in [0.25, 0.3) is 0 Å². The lowest BCUT2D eigenvalue weighted by molar-refractivity contribution is 0.224. The first-order chi connectivity index (χ1) is 12.0. The number of hydrogen-bond donors (Lipinski definition) is 0. The molecule has 1 fully saturated rings. The molecule has 0 aromatic carbocycles. The SMILES string of the molecule is Cc1nc(N2CCC(Oc3ccnc(CN(C)C)c3)C2)ccc1C#N. The predicted octanol–water partition coefficient (Wildman–Crippen LogP) is 2.38. The molecule has 0 spiro atoms. The number of rotatable bonds is 5. The van der Waals surface area contributed by atoms with Gasteiger partial charge in [-0.3, -0.25) is 4.98 Å². The summed E-state index contributed by atoms with van der Waals surface area (Å²) in [5.74, 6) is 1.77. The van der Waals surface area contributed by atoms with Gasteiger partial charge in [0, 0.05) is 31.8 Å². The van der Waals surface area contributed by atoms with Gasteiger partial charge in [-0.2, -0.15) is 5.26 Å². The van der Waals surface area contributed by atoms with Crippen molar-refractivity contribution in [3.8, 4) is 11.8 Å². The first kappa shape index (κ1) is 17.2. The molecule has 3 rings (SSSR count). The molecule has 6 heteroatoms. The Bertz CT molecular complexity index is 784. The van der Waals surface area contributed by atoms with Crippen molar-refractivity contribution in [3.63, 3.8) is 0 Å². The third-order valence-electron chi connectivity index (χ3n) is 4.23. The van der Waals surface area contributed by atoms with E-state index in [9.17, 15) is 0 Å². The lowest BCUT2D eigenvalue weighted by Crippen LogP contribution is -2.25. The quantitative estimate of drug-likeness (QED) is 0.834. The van der Waals surface area contributed by atoms with E-state index in [1.807, 2.05) is 45.3 Å². The number of aromatic nitrogens is 2. The Kier molecular flexibility index (Phi) is 5.15. The van der Waals surface area contributed by atoms with Gasteiger partial charge in [-0.25, -0.2) is 4.98 Å². The summed E-state index contributed by atoms with van der Waals surface area (Å²) in [4.78, 5) is 13.2. The molecular weight excluding hydrogens is 314 g/mol. The fourth-order valence-electron chi connectivity index (χ4n) is 3.01. The maximum Gasteiger partial charge on any atom is 0.129 e. The van der Waals surface area contributed by atoms with Gasteiger partial charge < -0.3 is 14.5 Å². The third-order valence-corrected chi connectivity index (χ3v) is 4.23. The average Bonchev–Trinajstić information content (AvgIpc) is 3.03. The van der Waals surface area contributed by atoms with Crippen molar-refractivity contribution < 1.29 is 4.74 Å². The maximum atomic E-state index is 9.03. The van der Waals surface area contributed by atoms with Gasteiger partial charge in [0.05, 0.1) is 23.5 Å². The summed E-state index contributed by atoms with van der Waals surface area (Å²) >= 11 is 0. The van der Waals surface area contributed by atoms with Gasteiger partial charge in [-0.1, -0.05) is 0 Å². The van der Waals surface area contributed by atoms with Crippen LogP contribution in [0.5, 0.6) is 5.75 Å². The Morgan fingerprint density at radius 1 is 1.36 bits per heavy atom. The lowest BCUT2D eigenvalue weighted by Gasteiger charge is -2.19. The van der Waals surface area contributed by atoms with Crippen LogP contribution >= 0.6 is 0 Å². The molecule has 3 heterocycles. The van der Waals surface area contributed by atoms with Crippen molar-refractivity contribution in [2.24, 2.45) is 0 Å². The second kappa shape index (κ2) is 7.49. The molecule has 2 aromatic heterocycles. The molecule has 0 radical (unpaired) electrons. The van der Waals surface area contributed by atoms with Crippen LogP contribution in [-0.4, -0.2) is 48.2 Å². The average molecular weight is 337 g/mol. The van der Waals surface area contributed by atoms with Crippen molar-refractivity contribution in [2.45, 2.75) is 26.0 Å². The van der Waals surface area contributed by atoms with Gasteiger partial charge in [0.25, 0.3) is 0 Å². The van der Waals surface area contributed by atoms with Crippen LogP contribution < -0.4 is 9.64 Å². The number of anilines is 1. The van der Waals surface area contributed by atoms with Crippen molar-refractivity contribution in [1.29, 1.82) is 5.26 Å². The summed E-state index contributed by atoms with van der Waals surface area (Å²) in [7, 11) is 4.05. The topological polar surface area (TPSA) is 65.3 Å². The summed E-state index contributed by atoms with van der Waals surface area (Å²) < 4.78 is 6.14. The molecule has 1 atom stereocenters. The number of hydrogen-bond acceptors (Lipinski definition) is 6. The molecule has 0 N–H and O–H groups in total. The van der Waals surface area contributed by atoms with E-state index in [1.54, 1.807) is 6.20 Å². The standard InChI is InChI=1S/C19H23N5O/c1-14-15(11-20)4-5-19(22-14)24-9-7-18(13-24)25-17-6-8-21-16(10-17)12-23(2)3/h4-6,8,10,18H,7,9,12-13H2,1-3H3. The highest BCUT2D eigenvalue weighted by Crippen LogP contribution is 2.23. The minimum Gasteiger partial charge on any atom is -0.488 e. The summed E-state index contributed by atoms with van der Waals surface area (Å²) in [6.45, 7) is 4.36. The van der Waals surface area contributed by atoms with Gasteiger partial charge >= 0.3 is 0 Å². The van der Waals surface area contributed by atoms with Gasteiger partial charge in [0.2, 0.25) is 0 Å². The molecule has 0 saturated carbocycles. The van der Waals surface area contributed by atoms with E-state index in [0.717, 1.165) is 49.0 Å². The number of nitrogens with zero attached hydrogens (tertiary/aromatic N) is 5. The normalized spacial score (nSPS) is 16.9. The van der Waals surface area contributed by atoms with Gasteiger partial charge in [0.1, 0.15) is 23.7 Å². The second-order valence-corrected chi connectivity index (χ2v) is 6.61. The van der Waals surface area contributed by atoms with Crippen LogP contribution in [0.4, 0.5) is 5.82 Å². The zero-order chi connectivity index (χ0) is 17.8. The fourth-order valence-corrected chi connectivity index (χ4v) is 3.01. The Balaban J connectivity index is 1.63. The monoisotopic (exact) mass is 337 g/mol. The number of pyridine rings is 2. The van der Waals surface area contributed by atoms with E-state index < -0.39 is 0 Å². The first-order valence-corrected chi connectivity index (χ1v) is 8.44. The predicted molar refractivity (Wildman–Crippen MR) is 96.6 cm³/mol. The number of ether oxygens (including phenoxy) is 1. The zero-order valence-electron chi connectivity index (χ0n) is 14.9. The fraction of sp³-hybridized carbons (Fsp3) is 0.421. The maximum absolute atomic E-state index is 9.03. The summed E-state index contributed by atoms with van der Waals surface area (Å²) in [6, 6.07) is 9.82. The van der Waals surface area contributed by atoms with Crippen LogP contribution in [0, 0.1) is 18.3 Å². The summed E-state index contributed by atoms with van der Waals surface area (Å²) in [5.41, 5.74) is 2.40. The Hall–Kier alpha value is -2.65. The van der Waals surface area contributed by atoms with Gasteiger partial charge in [-0.15, -0.1) is 0 Å². The Labute approximate surface area is 148 Å². The highest BCUT2D eigenvalue weighted by Gasteiger charge is 2.25. The summed E-state index contributed by atoms with van der Waals surface area (Å²) in [5, 5.41) is 9.03. The van der Waals surface area contributed by atoms with Gasteiger partial charge in [0.15, 0.2) is 0 Å². The Morgan fingerprint density at radius 2 is 2.20 bits per heavy atom. The molecule has 2 aromatic rings. The molecular formula is C19H23N5O. The third kappa shape index (κ3) is 4.25. The minimum absolute atomic E-state index is 0.132. The molecule has 1 unspecified atom stereocenters. The Morgan fingerprint density at radius 3 is 2.92 bits per heavy atom. The van der Waals surface area contributed by atoms with Crippen LogP contribution in [0.3, 0.4) is 0 Å². The van der Waals surface area contributed by atoms with Crippen molar-refractivity contribution in [2.75, 3.05) is 32.1 Å². The highest BCUT2D eigenvalue weighted by molar-refractivity contribution is 5.46. The van der Waals surface area contributed by atoms with E-state index in [4.69, 9.17) is 10.00 Å². The highest BCUT2D eigenvalue weighted by atomic mass is 16.5. The molecule has 1 aliphatic heterocycles. The van der Waals surface area contributed by atoms with E-state index >= 15 is 0 Å². The minimum atomic E-state index is 0.132. The zero-order valence-corrected chi connectivity index (χ0v) is 14.9. The molecule has 1 saturated heterocycles. The first-order valence-electron chi connectivity index (χ1n) is 8.44. The summed E-state index contributed by atoms with van der Waals surface area (Å²) in [6.07, 6.45) is 2.88. The van der Waals surface area contributed by atoms with Crippen molar-refractivity contribution in [3.05, 3.63) is 47.4 Å². The molecule has 0 aliphatic carbocycles. The largest absolute Gasteiger partial charge is 0.488 e. The molecule has 0 amide bonds. The molecule has 1 aliphatic rings. The van der Waals surface area contributed by atoms with E-state index in [1.165, 1.54) is 0 Å². The smallest absolute Gasteiger partial charge is 0.129 e. The molecule has 25 heavy (non-hydrogen) atoms. The van der Waals surface area contributed by atoms with Crippen molar-refractivity contribution in [1.82, 2.24) is 14.9 Å². The number of aryl methyl sites for hydroxylation is 1. The lowest BCUT2D eigenvalue weighted by atomic mass is 10.2. The van der Waals surface area contributed by atoms with E-state index in [0.29, 0.717) is 5.56 Å². The molecule has 6 nitrogen and oxygen atoms in total. The molecule has 130 valence electrons. The molecule has 0 bridgehead atoms. The van der Waals surface area contributed by atoms with Gasteiger partial charge in [-0.05, 0) is 39.2 Å². The second-order valence-electron chi connectivity index (χ2n) is 6.61. The van der Waals surface area contributed by atoms with Crippen LogP contribution in [0.2, 0.25) is 0 Å². The van der Waals surface area contributed by atoms with Crippen LogP contribution in [0.1, 0.15) is 23.4 Å².